The third-order valence-corrected chi connectivity index (χ3v) is 3.52. The van der Waals surface area contributed by atoms with E-state index < -0.39 is 11.4 Å². The molecule has 0 radical (unpaired) electrons. The van der Waals surface area contributed by atoms with Gasteiger partial charge < -0.3 is 15.6 Å². The average Bonchev–Trinajstić information content (AvgIpc) is 2.72. The van der Waals surface area contributed by atoms with Crippen molar-refractivity contribution in [1.29, 1.82) is 0 Å². The first-order valence-electron chi connectivity index (χ1n) is 6.13. The van der Waals surface area contributed by atoms with Gasteiger partial charge in [0.15, 0.2) is 0 Å². The molecule has 1 atom stereocenters. The minimum atomic E-state index is -0.819. The Balaban J connectivity index is 2.23. The predicted octanol–water partition coefficient (Wildman–Crippen LogP) is 2.12. The Morgan fingerprint density at radius 3 is 2.94 bits per heavy atom. The molecule has 0 amide bonds. The van der Waals surface area contributed by atoms with Gasteiger partial charge in [0.1, 0.15) is 5.75 Å². The van der Waals surface area contributed by atoms with E-state index in [0.29, 0.717) is 6.61 Å². The number of carboxylic acid groups (broad SMARTS) is 1. The number of hydrogen-bond donors (Lipinski definition) is 2. The number of rotatable bonds is 4. The number of nitrogens with two attached hydrogens (primary N) is 1. The van der Waals surface area contributed by atoms with Crippen LogP contribution in [0.3, 0.4) is 0 Å². The quantitative estimate of drug-likeness (QED) is 0.857. The van der Waals surface area contributed by atoms with Gasteiger partial charge in [-0.1, -0.05) is 26.0 Å². The van der Waals surface area contributed by atoms with E-state index in [0.717, 1.165) is 23.3 Å². The minimum absolute atomic E-state index is 0.0573. The zero-order valence-electron chi connectivity index (χ0n) is 10.8. The second-order valence-corrected chi connectivity index (χ2v) is 5.50. The minimum Gasteiger partial charge on any atom is -0.493 e. The van der Waals surface area contributed by atoms with E-state index in [1.165, 1.54) is 0 Å². The third kappa shape index (κ3) is 2.48. The molecule has 1 aliphatic rings. The van der Waals surface area contributed by atoms with Gasteiger partial charge in [0.2, 0.25) is 0 Å². The topological polar surface area (TPSA) is 72.5 Å². The molecule has 3 N–H and O–H groups in total. The molecule has 4 heteroatoms. The fraction of sp³-hybridized carbons (Fsp3) is 0.500. The normalized spacial score (nSPS) is 15.9. The van der Waals surface area contributed by atoms with Crippen LogP contribution in [0.15, 0.2) is 18.2 Å². The number of carboxylic acids is 1. The lowest BCUT2D eigenvalue weighted by atomic mass is 9.78. The second kappa shape index (κ2) is 4.61. The molecule has 1 unspecified atom stereocenters. The highest BCUT2D eigenvalue weighted by molar-refractivity contribution is 5.67. The number of fused-ring (bicyclic) bond motifs is 1. The maximum Gasteiger partial charge on any atom is 0.303 e. The van der Waals surface area contributed by atoms with Crippen LogP contribution in [0.5, 0.6) is 5.75 Å². The molecule has 0 spiro atoms. The predicted molar refractivity (Wildman–Crippen MR) is 68.6 cm³/mol. The Morgan fingerprint density at radius 1 is 1.56 bits per heavy atom. The highest BCUT2D eigenvalue weighted by Crippen LogP contribution is 2.37. The summed E-state index contributed by atoms with van der Waals surface area (Å²) in [6.45, 7) is 4.48. The number of benzene rings is 1. The molecular formula is C14H19NO3. The van der Waals surface area contributed by atoms with E-state index in [1.807, 2.05) is 32.0 Å². The Bertz CT molecular complexity index is 468. The van der Waals surface area contributed by atoms with Crippen molar-refractivity contribution >= 4 is 5.97 Å². The zero-order valence-corrected chi connectivity index (χ0v) is 10.8. The van der Waals surface area contributed by atoms with Crippen LogP contribution in [0.4, 0.5) is 0 Å². The Kier molecular flexibility index (Phi) is 3.30. The molecule has 1 aliphatic heterocycles. The first-order chi connectivity index (χ1) is 8.40. The van der Waals surface area contributed by atoms with Crippen molar-refractivity contribution in [1.82, 2.24) is 0 Å². The summed E-state index contributed by atoms with van der Waals surface area (Å²) >= 11 is 0. The summed E-state index contributed by atoms with van der Waals surface area (Å²) in [5.74, 6) is 0.0990. The maximum absolute atomic E-state index is 10.9. The molecule has 2 rings (SSSR count). The summed E-state index contributed by atoms with van der Waals surface area (Å²) in [4.78, 5) is 10.9. The van der Waals surface area contributed by atoms with Crippen LogP contribution in [0.2, 0.25) is 0 Å². The largest absolute Gasteiger partial charge is 0.493 e. The Hall–Kier alpha value is -1.55. The van der Waals surface area contributed by atoms with Crippen molar-refractivity contribution in [3.8, 4) is 5.75 Å². The Morgan fingerprint density at radius 2 is 2.28 bits per heavy atom. The summed E-state index contributed by atoms with van der Waals surface area (Å²) in [5, 5.41) is 8.92. The fourth-order valence-electron chi connectivity index (χ4n) is 2.35. The third-order valence-electron chi connectivity index (χ3n) is 3.52. The molecule has 1 aromatic rings. The van der Waals surface area contributed by atoms with E-state index in [9.17, 15) is 4.79 Å². The molecule has 98 valence electrons. The number of ether oxygens (including phenoxy) is 1. The summed E-state index contributed by atoms with van der Waals surface area (Å²) < 4.78 is 5.45. The lowest BCUT2D eigenvalue weighted by Crippen LogP contribution is -2.31. The number of aliphatic carboxylic acids is 1. The van der Waals surface area contributed by atoms with Gasteiger partial charge in [-0.15, -0.1) is 0 Å². The lowest BCUT2D eigenvalue weighted by molar-refractivity contribution is -0.139. The first-order valence-corrected chi connectivity index (χ1v) is 6.13. The van der Waals surface area contributed by atoms with Crippen molar-refractivity contribution in [2.75, 3.05) is 6.61 Å². The molecule has 0 fully saturated rings. The molecule has 1 heterocycles. The van der Waals surface area contributed by atoms with Gasteiger partial charge in [0, 0.05) is 12.5 Å². The van der Waals surface area contributed by atoms with Crippen LogP contribution in [0, 0.1) is 5.41 Å². The van der Waals surface area contributed by atoms with E-state index in [1.54, 1.807) is 0 Å². The van der Waals surface area contributed by atoms with Crippen LogP contribution in [-0.2, 0) is 11.2 Å². The van der Waals surface area contributed by atoms with E-state index in [2.05, 4.69) is 0 Å². The monoisotopic (exact) mass is 249 g/mol. The van der Waals surface area contributed by atoms with Gasteiger partial charge in [-0.2, -0.15) is 0 Å². The van der Waals surface area contributed by atoms with Gasteiger partial charge in [-0.05, 0) is 22.6 Å². The molecule has 0 saturated carbocycles. The molecular weight excluding hydrogens is 230 g/mol. The molecule has 18 heavy (non-hydrogen) atoms. The maximum atomic E-state index is 10.9. The van der Waals surface area contributed by atoms with Crippen molar-refractivity contribution in [3.05, 3.63) is 29.3 Å². The van der Waals surface area contributed by atoms with Gasteiger partial charge in [0.25, 0.3) is 0 Å². The van der Waals surface area contributed by atoms with Gasteiger partial charge in [-0.25, -0.2) is 0 Å². The van der Waals surface area contributed by atoms with Crippen molar-refractivity contribution < 1.29 is 14.6 Å². The summed E-state index contributed by atoms with van der Waals surface area (Å²) in [6.07, 6.45) is 0.955. The van der Waals surface area contributed by atoms with Crippen molar-refractivity contribution in [3.63, 3.8) is 0 Å². The fourth-order valence-corrected chi connectivity index (χ4v) is 2.35. The molecule has 0 bridgehead atoms. The van der Waals surface area contributed by atoms with E-state index >= 15 is 0 Å². The Labute approximate surface area is 107 Å². The highest BCUT2D eigenvalue weighted by Gasteiger charge is 2.31. The van der Waals surface area contributed by atoms with Gasteiger partial charge >= 0.3 is 5.97 Å². The van der Waals surface area contributed by atoms with Gasteiger partial charge in [0.05, 0.1) is 13.0 Å². The summed E-state index contributed by atoms with van der Waals surface area (Å²) in [7, 11) is 0. The van der Waals surface area contributed by atoms with Crippen molar-refractivity contribution in [2.45, 2.75) is 32.7 Å². The molecule has 0 aliphatic carbocycles. The standard InChI is InChI=1S/C14H19NO3/c1-14(2,8-12(16)17)13(15)10-3-4-11-9(7-10)5-6-18-11/h3-4,7,13H,5-6,8,15H2,1-2H3,(H,16,17). The summed E-state index contributed by atoms with van der Waals surface area (Å²) in [6, 6.07) is 5.60. The summed E-state index contributed by atoms with van der Waals surface area (Å²) in [5.41, 5.74) is 7.88. The first kappa shape index (κ1) is 12.9. The number of carbonyl (C=O) groups is 1. The van der Waals surface area contributed by atoms with Crippen LogP contribution in [-0.4, -0.2) is 17.7 Å². The molecule has 0 saturated heterocycles. The van der Waals surface area contributed by atoms with E-state index in [4.69, 9.17) is 15.6 Å². The van der Waals surface area contributed by atoms with Crippen LogP contribution in [0.25, 0.3) is 0 Å². The molecule has 0 aromatic heterocycles. The van der Waals surface area contributed by atoms with Crippen molar-refractivity contribution in [2.24, 2.45) is 11.1 Å². The van der Waals surface area contributed by atoms with Crippen LogP contribution >= 0.6 is 0 Å². The highest BCUT2D eigenvalue weighted by atomic mass is 16.5. The van der Waals surface area contributed by atoms with Crippen LogP contribution in [0.1, 0.15) is 37.4 Å². The lowest BCUT2D eigenvalue weighted by Gasteiger charge is -2.30. The van der Waals surface area contributed by atoms with E-state index in [-0.39, 0.29) is 12.5 Å². The van der Waals surface area contributed by atoms with Gasteiger partial charge in [-0.3, -0.25) is 4.79 Å². The second-order valence-electron chi connectivity index (χ2n) is 5.50. The van der Waals surface area contributed by atoms with Crippen LogP contribution < -0.4 is 10.5 Å². The smallest absolute Gasteiger partial charge is 0.303 e. The SMILES string of the molecule is CC(C)(CC(=O)O)C(N)c1ccc2c(c1)CCO2. The average molecular weight is 249 g/mol. The molecule has 4 nitrogen and oxygen atoms in total. The zero-order chi connectivity index (χ0) is 13.3. The molecule has 1 aromatic carbocycles. The number of hydrogen-bond acceptors (Lipinski definition) is 3.